The Labute approximate surface area is 160 Å². The van der Waals surface area contributed by atoms with Crippen LogP contribution in [0.5, 0.6) is 0 Å². The highest BCUT2D eigenvalue weighted by Gasteiger charge is 2.21. The predicted molar refractivity (Wildman–Crippen MR) is 106 cm³/mol. The highest BCUT2D eigenvalue weighted by Crippen LogP contribution is 2.37. The Kier molecular flexibility index (Phi) is 3.85. The Bertz CT molecular complexity index is 1270. The van der Waals surface area contributed by atoms with E-state index in [0.717, 1.165) is 27.8 Å². The van der Waals surface area contributed by atoms with Gasteiger partial charge in [0.2, 0.25) is 0 Å². The molecule has 4 aromatic rings. The van der Waals surface area contributed by atoms with Gasteiger partial charge in [-0.15, -0.1) is 0 Å². The van der Waals surface area contributed by atoms with Crippen molar-refractivity contribution in [2.75, 3.05) is 0 Å². The van der Waals surface area contributed by atoms with Gasteiger partial charge in [-0.05, 0) is 28.8 Å². The van der Waals surface area contributed by atoms with Crippen LogP contribution in [0, 0.1) is 0 Å². The second-order valence-electron chi connectivity index (χ2n) is 6.93. The average Bonchev–Trinajstić information content (AvgIpc) is 3.34. The first kappa shape index (κ1) is 16.9. The van der Waals surface area contributed by atoms with Crippen LogP contribution in [0.3, 0.4) is 0 Å². The number of aromatic amines is 1. The van der Waals surface area contributed by atoms with Crippen molar-refractivity contribution in [3.05, 3.63) is 69.8 Å². The minimum Gasteiger partial charge on any atom is -0.372 e. The molecule has 1 aliphatic heterocycles. The summed E-state index contributed by atoms with van der Waals surface area (Å²) >= 11 is 0. The quantitative estimate of drug-likeness (QED) is 0.575. The van der Waals surface area contributed by atoms with E-state index in [1.807, 2.05) is 36.1 Å². The van der Waals surface area contributed by atoms with Crippen LogP contribution in [0.25, 0.3) is 33.2 Å². The number of benzene rings is 2. The van der Waals surface area contributed by atoms with Gasteiger partial charge in [-0.1, -0.05) is 24.3 Å². The summed E-state index contributed by atoms with van der Waals surface area (Å²) in [7, 11) is 1.94. The Morgan fingerprint density at radius 3 is 2.93 bits per heavy atom. The van der Waals surface area contributed by atoms with E-state index in [0.29, 0.717) is 24.3 Å². The van der Waals surface area contributed by atoms with Crippen molar-refractivity contribution in [2.45, 2.75) is 19.8 Å². The molecule has 28 heavy (non-hydrogen) atoms. The van der Waals surface area contributed by atoms with E-state index >= 15 is 0 Å². The molecule has 0 radical (unpaired) electrons. The second-order valence-corrected chi connectivity index (χ2v) is 6.93. The molecule has 7 heteroatoms. The van der Waals surface area contributed by atoms with E-state index in [9.17, 15) is 4.79 Å². The van der Waals surface area contributed by atoms with Crippen LogP contribution in [0.2, 0.25) is 0 Å². The van der Waals surface area contributed by atoms with Crippen LogP contribution in [-0.4, -0.2) is 20.0 Å². The molecule has 0 unspecified atom stereocenters. The fraction of sp³-hybridized carbons (Fsp3) is 0.190. The number of H-pyrrole nitrogens is 1. The van der Waals surface area contributed by atoms with E-state index in [1.54, 1.807) is 0 Å². The molecule has 0 aliphatic carbocycles. The third-order valence-corrected chi connectivity index (χ3v) is 5.34. The van der Waals surface area contributed by atoms with E-state index < -0.39 is 0 Å². The molecule has 0 saturated heterocycles. The molecule has 7 nitrogen and oxygen atoms in total. The number of aryl methyl sites for hydroxylation is 1. The molecule has 0 bridgehead atoms. The van der Waals surface area contributed by atoms with Gasteiger partial charge < -0.3 is 10.5 Å². The van der Waals surface area contributed by atoms with Gasteiger partial charge >= 0.3 is 0 Å². The van der Waals surface area contributed by atoms with Crippen LogP contribution in [0.1, 0.15) is 16.8 Å². The van der Waals surface area contributed by atoms with Crippen molar-refractivity contribution in [3.63, 3.8) is 0 Å². The van der Waals surface area contributed by atoms with Crippen LogP contribution in [-0.2, 0) is 31.5 Å². The Morgan fingerprint density at radius 1 is 1.18 bits per heavy atom. The zero-order chi connectivity index (χ0) is 19.3. The average molecular weight is 373 g/mol. The van der Waals surface area contributed by atoms with Crippen LogP contribution >= 0.6 is 0 Å². The number of ether oxygens (including phenoxy) is 1. The van der Waals surface area contributed by atoms with Crippen LogP contribution < -0.4 is 11.3 Å². The number of fused-ring (bicyclic) bond motifs is 2. The van der Waals surface area contributed by atoms with Crippen molar-refractivity contribution >= 4 is 10.8 Å². The summed E-state index contributed by atoms with van der Waals surface area (Å²) in [4.78, 5) is 12.1. The summed E-state index contributed by atoms with van der Waals surface area (Å²) in [5.41, 5.74) is 12.8. The summed E-state index contributed by atoms with van der Waals surface area (Å²) in [5.74, 6) is 0. The smallest absolute Gasteiger partial charge is 0.272 e. The van der Waals surface area contributed by atoms with Crippen LogP contribution in [0.4, 0.5) is 0 Å². The topological polar surface area (TPSA) is 98.8 Å². The van der Waals surface area contributed by atoms with Gasteiger partial charge in [-0.25, -0.2) is 5.10 Å². The SMILES string of the molecule is Cn1ncc(-c2ccc3c(=O)[nH]nc(CN)c3c2)c1-c1cccc2c1COC2. The van der Waals surface area contributed by atoms with Gasteiger partial charge in [0.15, 0.2) is 0 Å². The van der Waals surface area contributed by atoms with Gasteiger partial charge in [-0.2, -0.15) is 10.2 Å². The van der Waals surface area contributed by atoms with Crippen molar-refractivity contribution in [3.8, 4) is 22.4 Å². The summed E-state index contributed by atoms with van der Waals surface area (Å²) in [6, 6.07) is 12.0. The third kappa shape index (κ3) is 2.48. The maximum absolute atomic E-state index is 12.1. The molecule has 3 heterocycles. The monoisotopic (exact) mass is 373 g/mol. The van der Waals surface area contributed by atoms with Gasteiger partial charge in [0, 0.05) is 30.1 Å². The molecule has 0 atom stereocenters. The molecule has 0 fully saturated rings. The maximum Gasteiger partial charge on any atom is 0.272 e. The number of nitrogens with zero attached hydrogens (tertiary/aromatic N) is 3. The van der Waals surface area contributed by atoms with Crippen molar-refractivity contribution in [2.24, 2.45) is 12.8 Å². The van der Waals surface area contributed by atoms with E-state index in [2.05, 4.69) is 33.5 Å². The largest absolute Gasteiger partial charge is 0.372 e. The number of rotatable bonds is 3. The van der Waals surface area contributed by atoms with E-state index in [4.69, 9.17) is 10.5 Å². The minimum atomic E-state index is -0.219. The van der Waals surface area contributed by atoms with Gasteiger partial charge in [-0.3, -0.25) is 9.48 Å². The van der Waals surface area contributed by atoms with Gasteiger partial charge in [0.25, 0.3) is 5.56 Å². The summed E-state index contributed by atoms with van der Waals surface area (Å²) in [5, 5.41) is 12.4. The van der Waals surface area contributed by atoms with Crippen molar-refractivity contribution in [1.29, 1.82) is 0 Å². The lowest BCUT2D eigenvalue weighted by molar-refractivity contribution is 0.134. The summed E-state index contributed by atoms with van der Waals surface area (Å²) < 4.78 is 7.53. The van der Waals surface area contributed by atoms with E-state index in [1.165, 1.54) is 11.1 Å². The number of nitrogens with one attached hydrogen (secondary N) is 1. The third-order valence-electron chi connectivity index (χ3n) is 5.34. The zero-order valence-corrected chi connectivity index (χ0v) is 15.4. The first-order valence-electron chi connectivity index (χ1n) is 9.10. The molecule has 5 rings (SSSR count). The lowest BCUT2D eigenvalue weighted by Crippen LogP contribution is -2.13. The Morgan fingerprint density at radius 2 is 2.07 bits per heavy atom. The molecule has 2 aromatic carbocycles. The first-order chi connectivity index (χ1) is 13.7. The maximum atomic E-state index is 12.1. The van der Waals surface area contributed by atoms with Crippen molar-refractivity contribution < 1.29 is 4.74 Å². The summed E-state index contributed by atoms with van der Waals surface area (Å²) in [6.07, 6.45) is 1.86. The number of hydrogen-bond donors (Lipinski definition) is 2. The second kappa shape index (κ2) is 6.40. The zero-order valence-electron chi connectivity index (χ0n) is 15.4. The highest BCUT2D eigenvalue weighted by atomic mass is 16.5. The fourth-order valence-corrected chi connectivity index (χ4v) is 3.94. The Hall–Kier alpha value is -3.29. The number of hydrogen-bond acceptors (Lipinski definition) is 5. The van der Waals surface area contributed by atoms with Gasteiger partial charge in [0.05, 0.1) is 36.2 Å². The molecular weight excluding hydrogens is 354 g/mol. The lowest BCUT2D eigenvalue weighted by Gasteiger charge is -2.12. The number of nitrogens with two attached hydrogens (primary N) is 1. The lowest BCUT2D eigenvalue weighted by atomic mass is 9.95. The Balaban J connectivity index is 1.75. The van der Waals surface area contributed by atoms with Crippen LogP contribution in [0.15, 0.2) is 47.4 Å². The fourth-order valence-electron chi connectivity index (χ4n) is 3.94. The van der Waals surface area contributed by atoms with E-state index in [-0.39, 0.29) is 12.1 Å². The minimum absolute atomic E-state index is 0.219. The molecule has 3 N–H and O–H groups in total. The number of aromatic nitrogens is 4. The predicted octanol–water partition coefficient (Wildman–Crippen LogP) is 2.48. The highest BCUT2D eigenvalue weighted by molar-refractivity contribution is 5.91. The van der Waals surface area contributed by atoms with Gasteiger partial charge in [0.1, 0.15) is 0 Å². The molecule has 1 aliphatic rings. The molecule has 140 valence electrons. The summed E-state index contributed by atoms with van der Waals surface area (Å²) in [6.45, 7) is 1.49. The standard InChI is InChI=1S/C21H19N5O2/c1-26-20(14-4-2-3-13-10-28-11-18(13)14)17(9-23-26)12-5-6-15-16(7-12)19(8-22)24-25-21(15)27/h2-7,9H,8,10-11,22H2,1H3,(H,25,27). The molecule has 0 spiro atoms. The molecular formula is C21H19N5O2. The molecule has 2 aromatic heterocycles. The molecule has 0 amide bonds. The van der Waals surface area contributed by atoms with Crippen molar-refractivity contribution in [1.82, 2.24) is 20.0 Å². The molecule has 0 saturated carbocycles. The first-order valence-corrected chi connectivity index (χ1v) is 9.10. The normalized spacial score (nSPS) is 13.2.